The Balaban J connectivity index is 2.33. The molecule has 5 nitrogen and oxygen atoms in total. The fourth-order valence-electron chi connectivity index (χ4n) is 2.35. The van der Waals surface area contributed by atoms with Crippen molar-refractivity contribution in [1.29, 1.82) is 0 Å². The van der Waals surface area contributed by atoms with Gasteiger partial charge in [-0.15, -0.1) is 0 Å². The van der Waals surface area contributed by atoms with Gasteiger partial charge in [0.2, 0.25) is 15.9 Å². The zero-order chi connectivity index (χ0) is 17.7. The minimum atomic E-state index is -3.66. The van der Waals surface area contributed by atoms with Crippen LogP contribution in [0.5, 0.6) is 0 Å². The molecule has 7 heteroatoms. The maximum atomic E-state index is 12.7. The Morgan fingerprint density at radius 2 is 1.62 bits per heavy atom. The first kappa shape index (κ1) is 18.3. The lowest BCUT2D eigenvalue weighted by Crippen LogP contribution is -2.43. The van der Waals surface area contributed by atoms with E-state index in [9.17, 15) is 13.2 Å². The lowest BCUT2D eigenvalue weighted by molar-refractivity contribution is -0.117. The molecule has 0 aliphatic rings. The van der Waals surface area contributed by atoms with Crippen LogP contribution in [0.25, 0.3) is 0 Å². The molecule has 2 aromatic rings. The molecule has 0 atom stereocenters. The number of para-hydroxylation sites is 2. The number of benzene rings is 2. The zero-order valence-electron chi connectivity index (χ0n) is 13.5. The number of anilines is 2. The van der Waals surface area contributed by atoms with Gasteiger partial charge in [-0.05, 0) is 31.2 Å². The van der Waals surface area contributed by atoms with Gasteiger partial charge >= 0.3 is 0 Å². The summed E-state index contributed by atoms with van der Waals surface area (Å²) in [6.07, 6.45) is 1.06. The molecule has 0 bridgehead atoms. The molecule has 0 saturated heterocycles. The van der Waals surface area contributed by atoms with Gasteiger partial charge in [-0.25, -0.2) is 8.42 Å². The highest BCUT2D eigenvalue weighted by atomic mass is 35.5. The van der Waals surface area contributed by atoms with Gasteiger partial charge in [0.05, 0.1) is 17.0 Å². The van der Waals surface area contributed by atoms with Gasteiger partial charge in [-0.1, -0.05) is 41.9 Å². The van der Waals surface area contributed by atoms with Gasteiger partial charge in [0, 0.05) is 12.2 Å². The molecule has 128 valence electrons. The molecule has 0 aromatic heterocycles. The van der Waals surface area contributed by atoms with E-state index >= 15 is 0 Å². The van der Waals surface area contributed by atoms with Crippen molar-refractivity contribution in [1.82, 2.24) is 0 Å². The SMILES string of the molecule is CCN(C(=O)CN(c1ccccc1Cl)S(C)(=O)=O)c1ccccc1. The molecule has 0 aliphatic carbocycles. The Morgan fingerprint density at radius 3 is 2.17 bits per heavy atom. The minimum absolute atomic E-state index is 0.276. The van der Waals surface area contributed by atoms with E-state index in [1.54, 1.807) is 24.3 Å². The average molecular weight is 367 g/mol. The molecule has 0 heterocycles. The molecule has 0 spiro atoms. The zero-order valence-corrected chi connectivity index (χ0v) is 15.1. The van der Waals surface area contributed by atoms with Crippen molar-refractivity contribution in [3.8, 4) is 0 Å². The normalized spacial score (nSPS) is 11.1. The van der Waals surface area contributed by atoms with Gasteiger partial charge in [0.25, 0.3) is 0 Å². The van der Waals surface area contributed by atoms with Gasteiger partial charge in [0.15, 0.2) is 0 Å². The lowest BCUT2D eigenvalue weighted by Gasteiger charge is -2.27. The summed E-state index contributed by atoms with van der Waals surface area (Å²) in [5, 5.41) is 0.276. The maximum Gasteiger partial charge on any atom is 0.247 e. The fraction of sp³-hybridized carbons (Fsp3) is 0.235. The molecule has 0 unspecified atom stereocenters. The van der Waals surface area contributed by atoms with Crippen molar-refractivity contribution >= 4 is 38.9 Å². The van der Waals surface area contributed by atoms with Gasteiger partial charge in [-0.3, -0.25) is 9.10 Å². The van der Waals surface area contributed by atoms with Crippen LogP contribution in [-0.2, 0) is 14.8 Å². The Morgan fingerprint density at radius 1 is 1.04 bits per heavy atom. The summed E-state index contributed by atoms with van der Waals surface area (Å²) < 4.78 is 25.4. The van der Waals surface area contributed by atoms with E-state index in [-0.39, 0.29) is 17.5 Å². The van der Waals surface area contributed by atoms with Crippen molar-refractivity contribution in [2.75, 3.05) is 28.6 Å². The molecule has 0 radical (unpaired) electrons. The molecular weight excluding hydrogens is 348 g/mol. The fourth-order valence-corrected chi connectivity index (χ4v) is 3.50. The van der Waals surface area contributed by atoms with Crippen LogP contribution >= 0.6 is 11.6 Å². The van der Waals surface area contributed by atoms with Crippen LogP contribution in [0.1, 0.15) is 6.92 Å². The third-order valence-corrected chi connectivity index (χ3v) is 4.93. The van der Waals surface area contributed by atoms with Crippen molar-refractivity contribution in [3.05, 3.63) is 59.6 Å². The first-order valence-electron chi connectivity index (χ1n) is 7.42. The largest absolute Gasteiger partial charge is 0.311 e. The predicted molar refractivity (Wildman–Crippen MR) is 98.1 cm³/mol. The number of hydrogen-bond donors (Lipinski definition) is 0. The molecule has 0 saturated carbocycles. The number of carbonyl (C=O) groups excluding carboxylic acids is 1. The molecule has 0 fully saturated rings. The van der Waals surface area contributed by atoms with E-state index in [2.05, 4.69) is 0 Å². The number of carbonyl (C=O) groups is 1. The second-order valence-electron chi connectivity index (χ2n) is 5.19. The summed E-state index contributed by atoms with van der Waals surface area (Å²) in [4.78, 5) is 14.2. The molecule has 24 heavy (non-hydrogen) atoms. The van der Waals surface area contributed by atoms with Crippen LogP contribution in [0.3, 0.4) is 0 Å². The standard InChI is InChI=1S/C17H19ClN2O3S/c1-3-19(14-9-5-4-6-10-14)17(21)13-20(24(2,22)23)16-12-8-7-11-15(16)18/h4-12H,3,13H2,1-2H3. The monoisotopic (exact) mass is 366 g/mol. The van der Waals surface area contributed by atoms with Crippen molar-refractivity contribution in [2.24, 2.45) is 0 Å². The molecule has 2 rings (SSSR count). The number of rotatable bonds is 6. The van der Waals surface area contributed by atoms with Crippen LogP contribution in [0.15, 0.2) is 54.6 Å². The Kier molecular flexibility index (Phi) is 5.85. The van der Waals surface area contributed by atoms with Crippen LogP contribution in [0.2, 0.25) is 5.02 Å². The van der Waals surface area contributed by atoms with Crippen molar-refractivity contribution in [2.45, 2.75) is 6.92 Å². The highest BCUT2D eigenvalue weighted by Crippen LogP contribution is 2.27. The van der Waals surface area contributed by atoms with E-state index in [1.807, 2.05) is 37.3 Å². The lowest BCUT2D eigenvalue weighted by atomic mass is 10.2. The minimum Gasteiger partial charge on any atom is -0.311 e. The maximum absolute atomic E-state index is 12.7. The number of nitrogens with zero attached hydrogens (tertiary/aromatic N) is 2. The van der Waals surface area contributed by atoms with E-state index in [0.29, 0.717) is 12.2 Å². The topological polar surface area (TPSA) is 57.7 Å². The molecular formula is C17H19ClN2O3S. The number of likely N-dealkylation sites (N-methyl/N-ethyl adjacent to an activating group) is 1. The van der Waals surface area contributed by atoms with Crippen LogP contribution in [-0.4, -0.2) is 33.7 Å². The summed E-state index contributed by atoms with van der Waals surface area (Å²) >= 11 is 6.11. The van der Waals surface area contributed by atoms with E-state index in [4.69, 9.17) is 11.6 Å². The Bertz CT molecular complexity index is 810. The third kappa shape index (κ3) is 4.27. The Hall–Kier alpha value is -2.05. The smallest absolute Gasteiger partial charge is 0.247 e. The summed E-state index contributed by atoms with van der Waals surface area (Å²) in [5.41, 5.74) is 1.01. The molecule has 0 aliphatic heterocycles. The summed E-state index contributed by atoms with van der Waals surface area (Å²) in [5.74, 6) is -0.325. The number of hydrogen-bond acceptors (Lipinski definition) is 3. The van der Waals surface area contributed by atoms with Gasteiger partial charge in [-0.2, -0.15) is 0 Å². The van der Waals surface area contributed by atoms with Crippen LogP contribution in [0, 0.1) is 0 Å². The highest BCUT2D eigenvalue weighted by Gasteiger charge is 2.25. The number of sulfonamides is 1. The second-order valence-corrected chi connectivity index (χ2v) is 7.51. The molecule has 0 N–H and O–H groups in total. The predicted octanol–water partition coefficient (Wildman–Crippen LogP) is 3.16. The van der Waals surface area contributed by atoms with Crippen molar-refractivity contribution < 1.29 is 13.2 Å². The van der Waals surface area contributed by atoms with E-state index < -0.39 is 10.0 Å². The first-order valence-corrected chi connectivity index (χ1v) is 9.65. The highest BCUT2D eigenvalue weighted by molar-refractivity contribution is 7.92. The van der Waals surface area contributed by atoms with Crippen molar-refractivity contribution in [3.63, 3.8) is 0 Å². The molecule has 1 amide bonds. The van der Waals surface area contributed by atoms with Crippen LogP contribution < -0.4 is 9.21 Å². The van der Waals surface area contributed by atoms with Gasteiger partial charge in [0.1, 0.15) is 6.54 Å². The van der Waals surface area contributed by atoms with Gasteiger partial charge < -0.3 is 4.90 Å². The quantitative estimate of drug-likeness (QED) is 0.789. The average Bonchev–Trinajstić information content (AvgIpc) is 2.54. The van der Waals surface area contributed by atoms with E-state index in [1.165, 1.54) is 4.90 Å². The summed E-state index contributed by atoms with van der Waals surface area (Å²) in [6.45, 7) is 1.96. The first-order chi connectivity index (χ1) is 11.3. The molecule has 2 aromatic carbocycles. The number of amides is 1. The van der Waals surface area contributed by atoms with Crippen LogP contribution in [0.4, 0.5) is 11.4 Å². The third-order valence-electron chi connectivity index (χ3n) is 3.49. The number of halogens is 1. The van der Waals surface area contributed by atoms with E-state index in [0.717, 1.165) is 16.2 Å². The summed E-state index contributed by atoms with van der Waals surface area (Å²) in [7, 11) is -3.66. The summed E-state index contributed by atoms with van der Waals surface area (Å²) in [6, 6.07) is 15.7. The Labute approximate surface area is 147 Å². The second kappa shape index (κ2) is 7.68.